The largest absolute Gasteiger partial charge is 0.298 e. The molecule has 0 aromatic heterocycles. The van der Waals surface area contributed by atoms with Crippen LogP contribution in [0.25, 0.3) is 0 Å². The van der Waals surface area contributed by atoms with Crippen LogP contribution in [0.15, 0.2) is 68.4 Å². The summed E-state index contributed by atoms with van der Waals surface area (Å²) >= 11 is 0. The van der Waals surface area contributed by atoms with Crippen molar-refractivity contribution in [1.82, 2.24) is 0 Å². The molecule has 9 aliphatic rings. The summed E-state index contributed by atoms with van der Waals surface area (Å²) in [6, 6.07) is 0. The summed E-state index contributed by atoms with van der Waals surface area (Å²) in [5.74, 6) is 2.35. The molecule has 9 rings (SSSR count). The fourth-order valence-corrected chi connectivity index (χ4v) is 12.3. The summed E-state index contributed by atoms with van der Waals surface area (Å²) in [6.45, 7) is 0. The monoisotopic (exact) mass is 775 g/mol. The summed E-state index contributed by atoms with van der Waals surface area (Å²) in [5, 5.41) is 0. The molecule has 3 atom stereocenters. The third kappa shape index (κ3) is 11.4. The number of allylic oxidation sites excluding steroid dienone is 12. The molecule has 0 bridgehead atoms. The van der Waals surface area contributed by atoms with Crippen LogP contribution in [0, 0.1) is 17.8 Å². The SMILES string of the molecule is O=C1C(=C2CCCCC2)CCCC1=C1CCCCC1.O=C1C(=C2CCCCC2)CCCC1C1=CCCCC1.O=C1C(C2=CCCCC2)CCCC1C1=CCCCC1. The lowest BCUT2D eigenvalue weighted by molar-refractivity contribution is -0.126. The van der Waals surface area contributed by atoms with Gasteiger partial charge in [-0.1, -0.05) is 77.3 Å². The van der Waals surface area contributed by atoms with Crippen LogP contribution in [0.4, 0.5) is 0 Å². The first-order chi connectivity index (χ1) is 28.1. The van der Waals surface area contributed by atoms with Crippen LogP contribution in [0.2, 0.25) is 0 Å². The Labute approximate surface area is 347 Å². The first kappa shape index (κ1) is 42.6. The number of hydrogen-bond acceptors (Lipinski definition) is 3. The fraction of sp³-hybridized carbons (Fsp3) is 0.722. The van der Waals surface area contributed by atoms with Crippen LogP contribution in [0.5, 0.6) is 0 Å². The number of ketones is 3. The molecule has 0 radical (unpaired) electrons. The van der Waals surface area contributed by atoms with Gasteiger partial charge in [0, 0.05) is 17.8 Å². The van der Waals surface area contributed by atoms with Gasteiger partial charge in [-0.15, -0.1) is 0 Å². The van der Waals surface area contributed by atoms with Crippen molar-refractivity contribution in [2.45, 2.75) is 231 Å². The van der Waals surface area contributed by atoms with Crippen molar-refractivity contribution in [3.8, 4) is 0 Å². The van der Waals surface area contributed by atoms with Crippen molar-refractivity contribution in [2.75, 3.05) is 0 Å². The fourth-order valence-electron chi connectivity index (χ4n) is 12.3. The Balaban J connectivity index is 0.000000131. The summed E-state index contributed by atoms with van der Waals surface area (Å²) in [7, 11) is 0. The van der Waals surface area contributed by atoms with E-state index in [-0.39, 0.29) is 17.8 Å². The number of Topliss-reactive ketones (excluding diaryl/α,β-unsaturated/α-hetero) is 3. The predicted molar refractivity (Wildman–Crippen MR) is 237 cm³/mol. The van der Waals surface area contributed by atoms with Crippen molar-refractivity contribution in [1.29, 1.82) is 0 Å². The van der Waals surface area contributed by atoms with Crippen LogP contribution in [0.1, 0.15) is 231 Å². The van der Waals surface area contributed by atoms with E-state index in [1.54, 1.807) is 0 Å². The molecule has 6 fully saturated rings. The standard InChI is InChI=1S/3C18H26O/c3*19-18-16(14-8-3-1-4-9-14)12-7-13-17(18)15-10-5-2-6-11-15/h1-13H2;8,16H,1-7,9-13H2;8,10,16-17H,1-7,9,11-13H2. The molecule has 3 heteroatoms. The molecule has 0 spiro atoms. The van der Waals surface area contributed by atoms with E-state index in [2.05, 4.69) is 18.2 Å². The smallest absolute Gasteiger partial charge is 0.184 e. The van der Waals surface area contributed by atoms with E-state index in [1.165, 1.54) is 243 Å². The Morgan fingerprint density at radius 2 is 0.684 bits per heavy atom. The summed E-state index contributed by atoms with van der Waals surface area (Å²) in [6.07, 6.45) is 51.4. The maximum atomic E-state index is 12.8. The van der Waals surface area contributed by atoms with E-state index < -0.39 is 0 Å². The molecular weight excluding hydrogens is 697 g/mol. The molecule has 312 valence electrons. The molecule has 3 unspecified atom stereocenters. The average Bonchev–Trinajstić information content (AvgIpc) is 3.29. The van der Waals surface area contributed by atoms with Gasteiger partial charge < -0.3 is 0 Å². The second-order valence-corrected chi connectivity index (χ2v) is 19.4. The lowest BCUT2D eigenvalue weighted by Crippen LogP contribution is -2.31. The quantitative estimate of drug-likeness (QED) is 0.212. The first-order valence-corrected chi connectivity index (χ1v) is 24.9. The molecule has 6 saturated carbocycles. The van der Waals surface area contributed by atoms with Crippen molar-refractivity contribution >= 4 is 17.3 Å². The van der Waals surface area contributed by atoms with Crippen molar-refractivity contribution in [3.63, 3.8) is 0 Å². The lowest BCUT2D eigenvalue weighted by Gasteiger charge is -2.33. The van der Waals surface area contributed by atoms with Gasteiger partial charge in [0.05, 0.1) is 0 Å². The van der Waals surface area contributed by atoms with Crippen LogP contribution >= 0.6 is 0 Å². The van der Waals surface area contributed by atoms with Crippen LogP contribution in [-0.2, 0) is 14.4 Å². The zero-order valence-electron chi connectivity index (χ0n) is 36.1. The minimum Gasteiger partial charge on any atom is -0.298 e. The summed E-state index contributed by atoms with van der Waals surface area (Å²) in [5.41, 5.74) is 12.7. The third-order valence-corrected chi connectivity index (χ3v) is 15.6. The second-order valence-electron chi connectivity index (χ2n) is 19.4. The molecule has 0 aliphatic heterocycles. The van der Waals surface area contributed by atoms with Gasteiger partial charge in [-0.2, -0.15) is 0 Å². The molecule has 0 aromatic carbocycles. The Morgan fingerprint density at radius 3 is 1.11 bits per heavy atom. The zero-order chi connectivity index (χ0) is 39.2. The molecule has 3 nitrogen and oxygen atoms in total. The number of rotatable bonds is 3. The lowest BCUT2D eigenvalue weighted by atomic mass is 9.70. The Kier molecular flexibility index (Phi) is 16.6. The number of carbonyl (C=O) groups excluding carboxylic acids is 3. The van der Waals surface area contributed by atoms with Crippen molar-refractivity contribution in [2.24, 2.45) is 17.8 Å². The van der Waals surface area contributed by atoms with Gasteiger partial charge in [0.25, 0.3) is 0 Å². The first-order valence-electron chi connectivity index (χ1n) is 24.9. The van der Waals surface area contributed by atoms with Gasteiger partial charge in [0.2, 0.25) is 0 Å². The molecule has 9 aliphatic carbocycles. The van der Waals surface area contributed by atoms with Gasteiger partial charge in [-0.05, 0) is 222 Å². The Hall–Kier alpha value is -2.55. The highest BCUT2D eigenvalue weighted by atomic mass is 16.1. The molecule has 0 N–H and O–H groups in total. The Morgan fingerprint density at radius 1 is 0.316 bits per heavy atom. The van der Waals surface area contributed by atoms with E-state index in [9.17, 15) is 14.4 Å². The maximum absolute atomic E-state index is 12.8. The van der Waals surface area contributed by atoms with Crippen LogP contribution < -0.4 is 0 Å². The van der Waals surface area contributed by atoms with Gasteiger partial charge >= 0.3 is 0 Å². The third-order valence-electron chi connectivity index (χ3n) is 15.6. The molecular formula is C54H78O3. The number of hydrogen-bond donors (Lipinski definition) is 0. The van der Waals surface area contributed by atoms with E-state index >= 15 is 0 Å². The van der Waals surface area contributed by atoms with Gasteiger partial charge in [-0.25, -0.2) is 0 Å². The molecule has 0 aromatic rings. The van der Waals surface area contributed by atoms with Crippen molar-refractivity contribution in [3.05, 3.63) is 68.4 Å². The topological polar surface area (TPSA) is 51.2 Å². The van der Waals surface area contributed by atoms with E-state index in [0.29, 0.717) is 17.3 Å². The number of carbonyl (C=O) groups is 3. The molecule has 0 saturated heterocycles. The highest BCUT2D eigenvalue weighted by molar-refractivity contribution is 6.10. The van der Waals surface area contributed by atoms with E-state index in [1.807, 2.05) is 0 Å². The Bertz CT molecular complexity index is 1520. The summed E-state index contributed by atoms with van der Waals surface area (Å²) < 4.78 is 0. The normalized spacial score (nSPS) is 29.4. The van der Waals surface area contributed by atoms with E-state index in [4.69, 9.17) is 0 Å². The van der Waals surface area contributed by atoms with Gasteiger partial charge in [0.1, 0.15) is 5.78 Å². The highest BCUT2D eigenvalue weighted by Crippen LogP contribution is 2.42. The molecule has 57 heavy (non-hydrogen) atoms. The summed E-state index contributed by atoms with van der Waals surface area (Å²) in [4.78, 5) is 38.5. The minimum atomic E-state index is 0.262. The van der Waals surface area contributed by atoms with Crippen molar-refractivity contribution < 1.29 is 14.4 Å². The predicted octanol–water partition coefficient (Wildman–Crippen LogP) is 15.4. The average molecular weight is 775 g/mol. The van der Waals surface area contributed by atoms with Gasteiger partial charge in [-0.3, -0.25) is 14.4 Å². The van der Waals surface area contributed by atoms with Crippen LogP contribution in [0.3, 0.4) is 0 Å². The second kappa shape index (κ2) is 22.2. The zero-order valence-corrected chi connectivity index (χ0v) is 36.1. The van der Waals surface area contributed by atoms with Gasteiger partial charge in [0.15, 0.2) is 11.6 Å². The molecule has 0 amide bonds. The van der Waals surface area contributed by atoms with E-state index in [0.717, 1.165) is 38.5 Å². The minimum absolute atomic E-state index is 0.262. The highest BCUT2D eigenvalue weighted by Gasteiger charge is 2.36. The molecule has 0 heterocycles. The van der Waals surface area contributed by atoms with Crippen LogP contribution in [-0.4, -0.2) is 17.3 Å². The maximum Gasteiger partial charge on any atom is 0.184 e.